The first-order valence-electron chi connectivity index (χ1n) is 7.18. The summed E-state index contributed by atoms with van der Waals surface area (Å²) in [5, 5.41) is 0.487. The first kappa shape index (κ1) is 14.9. The van der Waals surface area contributed by atoms with E-state index in [0.29, 0.717) is 24.0 Å². The lowest BCUT2D eigenvalue weighted by molar-refractivity contribution is 0.0160. The van der Waals surface area contributed by atoms with Crippen molar-refractivity contribution in [2.75, 3.05) is 13.1 Å². The predicted octanol–water partition coefficient (Wildman–Crippen LogP) is 3.26. The normalized spacial score (nSPS) is 14.6. The molecule has 0 N–H and O–H groups in total. The molecule has 0 aliphatic carbocycles. The SMILES string of the molecule is Cc1ccc(C(=O)N2CC(Oc3ncccc3Cl)C2)cc1C. The van der Waals surface area contributed by atoms with Gasteiger partial charge in [0.15, 0.2) is 0 Å². The minimum Gasteiger partial charge on any atom is -0.470 e. The van der Waals surface area contributed by atoms with Crippen LogP contribution < -0.4 is 4.74 Å². The van der Waals surface area contributed by atoms with Gasteiger partial charge in [0.25, 0.3) is 5.91 Å². The molecule has 1 aromatic carbocycles. The van der Waals surface area contributed by atoms with Crippen LogP contribution in [0.1, 0.15) is 21.5 Å². The second-order valence-corrected chi connectivity index (χ2v) is 5.95. The van der Waals surface area contributed by atoms with Gasteiger partial charge in [0.05, 0.1) is 13.1 Å². The number of hydrogen-bond donors (Lipinski definition) is 0. The second-order valence-electron chi connectivity index (χ2n) is 5.54. The number of likely N-dealkylation sites (tertiary alicyclic amines) is 1. The number of aromatic nitrogens is 1. The Hall–Kier alpha value is -2.07. The average molecular weight is 317 g/mol. The van der Waals surface area contributed by atoms with Crippen molar-refractivity contribution in [3.05, 3.63) is 58.2 Å². The summed E-state index contributed by atoms with van der Waals surface area (Å²) in [6.07, 6.45) is 1.58. The maximum absolute atomic E-state index is 12.4. The molecule has 2 heterocycles. The van der Waals surface area contributed by atoms with E-state index in [1.54, 1.807) is 23.2 Å². The summed E-state index contributed by atoms with van der Waals surface area (Å²) in [6.45, 7) is 5.15. The zero-order valence-corrected chi connectivity index (χ0v) is 13.3. The highest BCUT2D eigenvalue weighted by Crippen LogP contribution is 2.24. The zero-order valence-electron chi connectivity index (χ0n) is 12.5. The number of hydrogen-bond acceptors (Lipinski definition) is 3. The summed E-state index contributed by atoms with van der Waals surface area (Å²) in [5.74, 6) is 0.461. The van der Waals surface area contributed by atoms with Crippen molar-refractivity contribution in [2.45, 2.75) is 20.0 Å². The van der Waals surface area contributed by atoms with Crippen molar-refractivity contribution in [1.29, 1.82) is 0 Å². The van der Waals surface area contributed by atoms with E-state index < -0.39 is 0 Å². The molecule has 1 aliphatic heterocycles. The molecule has 1 fully saturated rings. The number of nitrogens with zero attached hydrogens (tertiary/aromatic N) is 2. The lowest BCUT2D eigenvalue weighted by atomic mass is 10.0. The van der Waals surface area contributed by atoms with Gasteiger partial charge < -0.3 is 9.64 Å². The molecule has 0 spiro atoms. The van der Waals surface area contributed by atoms with E-state index in [-0.39, 0.29) is 12.0 Å². The highest BCUT2D eigenvalue weighted by Gasteiger charge is 2.33. The molecule has 1 aromatic heterocycles. The van der Waals surface area contributed by atoms with E-state index in [0.717, 1.165) is 11.1 Å². The third-order valence-electron chi connectivity index (χ3n) is 3.89. The van der Waals surface area contributed by atoms with Crippen LogP contribution in [0.15, 0.2) is 36.5 Å². The van der Waals surface area contributed by atoms with Gasteiger partial charge >= 0.3 is 0 Å². The minimum atomic E-state index is -0.0529. The highest BCUT2D eigenvalue weighted by atomic mass is 35.5. The number of amides is 1. The van der Waals surface area contributed by atoms with Gasteiger partial charge in [-0.1, -0.05) is 17.7 Å². The van der Waals surface area contributed by atoms with Crippen LogP contribution in [-0.4, -0.2) is 35.0 Å². The summed E-state index contributed by atoms with van der Waals surface area (Å²) in [4.78, 5) is 18.2. The van der Waals surface area contributed by atoms with Gasteiger partial charge in [0, 0.05) is 11.8 Å². The molecule has 2 aromatic rings. The van der Waals surface area contributed by atoms with E-state index >= 15 is 0 Å². The van der Waals surface area contributed by atoms with Crippen LogP contribution in [0.3, 0.4) is 0 Å². The number of rotatable bonds is 3. The summed E-state index contributed by atoms with van der Waals surface area (Å²) in [5.41, 5.74) is 3.03. The number of carbonyl (C=O) groups excluding carboxylic acids is 1. The maximum atomic E-state index is 12.4. The fourth-order valence-electron chi connectivity index (χ4n) is 2.35. The second kappa shape index (κ2) is 5.97. The summed E-state index contributed by atoms with van der Waals surface area (Å²) in [6, 6.07) is 9.27. The molecule has 5 heteroatoms. The molecule has 0 radical (unpaired) electrons. The van der Waals surface area contributed by atoms with Crippen LogP contribution in [0.4, 0.5) is 0 Å². The molecule has 22 heavy (non-hydrogen) atoms. The molecule has 1 saturated heterocycles. The lowest BCUT2D eigenvalue weighted by Crippen LogP contribution is -2.56. The van der Waals surface area contributed by atoms with Crippen LogP contribution in [0.2, 0.25) is 5.02 Å². The van der Waals surface area contributed by atoms with Crippen molar-refractivity contribution in [3.63, 3.8) is 0 Å². The molecular weight excluding hydrogens is 300 g/mol. The first-order valence-corrected chi connectivity index (χ1v) is 7.56. The van der Waals surface area contributed by atoms with Gasteiger partial charge in [0.1, 0.15) is 11.1 Å². The van der Waals surface area contributed by atoms with Crippen LogP contribution >= 0.6 is 11.6 Å². The number of aryl methyl sites for hydroxylation is 2. The monoisotopic (exact) mass is 316 g/mol. The Morgan fingerprint density at radius 1 is 1.27 bits per heavy atom. The fourth-order valence-corrected chi connectivity index (χ4v) is 2.52. The standard InChI is InChI=1S/C17H17ClN2O2/c1-11-5-6-13(8-12(11)2)17(21)20-9-14(10-20)22-16-15(18)4-3-7-19-16/h3-8,14H,9-10H2,1-2H3. The van der Waals surface area contributed by atoms with Crippen LogP contribution in [-0.2, 0) is 0 Å². The Morgan fingerprint density at radius 3 is 2.73 bits per heavy atom. The summed E-state index contributed by atoms with van der Waals surface area (Å²) in [7, 11) is 0. The fraction of sp³-hybridized carbons (Fsp3) is 0.294. The summed E-state index contributed by atoms with van der Waals surface area (Å²) >= 11 is 6.01. The van der Waals surface area contributed by atoms with E-state index in [1.807, 2.05) is 32.0 Å². The van der Waals surface area contributed by atoms with E-state index in [4.69, 9.17) is 16.3 Å². The highest BCUT2D eigenvalue weighted by molar-refractivity contribution is 6.31. The number of pyridine rings is 1. The topological polar surface area (TPSA) is 42.4 Å². The van der Waals surface area contributed by atoms with Gasteiger partial charge in [-0.2, -0.15) is 0 Å². The third kappa shape index (κ3) is 2.92. The largest absolute Gasteiger partial charge is 0.470 e. The predicted molar refractivity (Wildman–Crippen MR) is 85.5 cm³/mol. The molecule has 0 atom stereocenters. The molecule has 114 valence electrons. The molecule has 1 amide bonds. The number of carbonyl (C=O) groups is 1. The van der Waals surface area contributed by atoms with E-state index in [2.05, 4.69) is 4.98 Å². The van der Waals surface area contributed by atoms with E-state index in [9.17, 15) is 4.79 Å². The van der Waals surface area contributed by atoms with Crippen molar-refractivity contribution in [3.8, 4) is 5.88 Å². The van der Waals surface area contributed by atoms with Crippen molar-refractivity contribution >= 4 is 17.5 Å². The number of halogens is 1. The Bertz CT molecular complexity index is 712. The molecular formula is C17H17ClN2O2. The van der Waals surface area contributed by atoms with Gasteiger partial charge in [-0.3, -0.25) is 4.79 Å². The zero-order chi connectivity index (χ0) is 15.7. The van der Waals surface area contributed by atoms with Crippen LogP contribution in [0, 0.1) is 13.8 Å². The van der Waals surface area contributed by atoms with Crippen LogP contribution in [0.25, 0.3) is 0 Å². The number of benzene rings is 1. The Kier molecular flexibility index (Phi) is 4.03. The molecule has 0 saturated carbocycles. The van der Waals surface area contributed by atoms with E-state index in [1.165, 1.54) is 5.56 Å². The summed E-state index contributed by atoms with van der Waals surface area (Å²) < 4.78 is 5.70. The maximum Gasteiger partial charge on any atom is 0.254 e. The molecule has 3 rings (SSSR count). The third-order valence-corrected chi connectivity index (χ3v) is 4.18. The van der Waals surface area contributed by atoms with Crippen molar-refractivity contribution in [2.24, 2.45) is 0 Å². The van der Waals surface area contributed by atoms with Gasteiger partial charge in [-0.25, -0.2) is 4.98 Å². The smallest absolute Gasteiger partial charge is 0.254 e. The van der Waals surface area contributed by atoms with Crippen LogP contribution in [0.5, 0.6) is 5.88 Å². The molecule has 1 aliphatic rings. The van der Waals surface area contributed by atoms with Gasteiger partial charge in [-0.05, 0) is 49.2 Å². The lowest BCUT2D eigenvalue weighted by Gasteiger charge is -2.38. The minimum absolute atomic E-state index is 0.0371. The van der Waals surface area contributed by atoms with Gasteiger partial charge in [-0.15, -0.1) is 0 Å². The van der Waals surface area contributed by atoms with Crippen molar-refractivity contribution in [1.82, 2.24) is 9.88 Å². The molecule has 0 unspecified atom stereocenters. The van der Waals surface area contributed by atoms with Crippen molar-refractivity contribution < 1.29 is 9.53 Å². The van der Waals surface area contributed by atoms with Gasteiger partial charge in [0.2, 0.25) is 5.88 Å². The number of ether oxygens (including phenoxy) is 1. The Morgan fingerprint density at radius 2 is 2.05 bits per heavy atom. The Balaban J connectivity index is 1.60. The average Bonchev–Trinajstić information content (AvgIpc) is 2.46. The Labute approximate surface area is 134 Å². The molecule has 4 nitrogen and oxygen atoms in total. The molecule has 0 bridgehead atoms. The quantitative estimate of drug-likeness (QED) is 0.873. The first-order chi connectivity index (χ1) is 10.5.